The first-order valence-electron chi connectivity index (χ1n) is 5.12. The topological polar surface area (TPSA) is 55.1 Å². The second-order valence-corrected chi connectivity index (χ2v) is 5.22. The predicted molar refractivity (Wildman–Crippen MR) is 61.2 cm³/mol. The van der Waals surface area contributed by atoms with Gasteiger partial charge in [-0.1, -0.05) is 6.92 Å². The van der Waals surface area contributed by atoms with Crippen molar-refractivity contribution in [2.75, 3.05) is 18.1 Å². The van der Waals surface area contributed by atoms with E-state index in [1.54, 1.807) is 0 Å². The van der Waals surface area contributed by atoms with Gasteiger partial charge in [0.15, 0.2) is 0 Å². The molecule has 0 saturated heterocycles. The third-order valence-electron chi connectivity index (χ3n) is 2.18. The second kappa shape index (κ2) is 6.02. The van der Waals surface area contributed by atoms with Crippen molar-refractivity contribution in [1.29, 1.82) is 0 Å². The third kappa shape index (κ3) is 4.13. The van der Waals surface area contributed by atoms with E-state index in [0.717, 1.165) is 23.8 Å². The summed E-state index contributed by atoms with van der Waals surface area (Å²) in [5.41, 5.74) is 0.934. The molecule has 0 bridgehead atoms. The monoisotopic (exact) mass is 230 g/mol. The Balaban J connectivity index is 2.23. The number of nitrogens with zero attached hydrogens (tertiary/aromatic N) is 1. The molecule has 0 aliphatic rings. The van der Waals surface area contributed by atoms with Gasteiger partial charge in [-0.15, -0.1) is 0 Å². The van der Waals surface area contributed by atoms with E-state index in [0.29, 0.717) is 18.2 Å². The Labute approximate surface area is 92.9 Å². The molecule has 0 aliphatic carbocycles. The standard InChI is InChI=1S/C10H18N2O2S/c1-4-15(13)6-5-11-7-10-12-8(2)9(3)14-10/h11H,4-7H2,1-3H3. The minimum atomic E-state index is -0.698. The van der Waals surface area contributed by atoms with Crippen LogP contribution in [0.3, 0.4) is 0 Å². The molecular weight excluding hydrogens is 212 g/mol. The van der Waals surface area contributed by atoms with E-state index in [1.807, 2.05) is 20.8 Å². The van der Waals surface area contributed by atoms with Gasteiger partial charge < -0.3 is 9.73 Å². The number of hydrogen-bond donors (Lipinski definition) is 1. The number of nitrogens with one attached hydrogen (secondary N) is 1. The van der Waals surface area contributed by atoms with E-state index in [1.165, 1.54) is 0 Å². The van der Waals surface area contributed by atoms with Crippen LogP contribution in [0.25, 0.3) is 0 Å². The average Bonchev–Trinajstić information content (AvgIpc) is 2.53. The van der Waals surface area contributed by atoms with Gasteiger partial charge in [-0.25, -0.2) is 4.98 Å². The van der Waals surface area contributed by atoms with Crippen LogP contribution in [0, 0.1) is 13.8 Å². The molecule has 0 fully saturated rings. The molecule has 0 aromatic carbocycles. The van der Waals surface area contributed by atoms with Gasteiger partial charge in [0, 0.05) is 28.9 Å². The zero-order valence-electron chi connectivity index (χ0n) is 9.50. The molecule has 0 aliphatic heterocycles. The van der Waals surface area contributed by atoms with E-state index >= 15 is 0 Å². The summed E-state index contributed by atoms with van der Waals surface area (Å²) < 4.78 is 16.5. The minimum Gasteiger partial charge on any atom is -0.444 e. The number of hydrogen-bond acceptors (Lipinski definition) is 4. The highest BCUT2D eigenvalue weighted by atomic mass is 32.2. The molecule has 1 heterocycles. The van der Waals surface area contributed by atoms with Gasteiger partial charge in [0.25, 0.3) is 0 Å². The SMILES string of the molecule is CCS(=O)CCNCc1nc(C)c(C)o1. The Morgan fingerprint density at radius 3 is 2.73 bits per heavy atom. The van der Waals surface area contributed by atoms with Crippen LogP contribution in [-0.2, 0) is 17.3 Å². The van der Waals surface area contributed by atoms with Crippen molar-refractivity contribution in [2.45, 2.75) is 27.3 Å². The number of aryl methyl sites for hydroxylation is 2. The van der Waals surface area contributed by atoms with Crippen molar-refractivity contribution in [1.82, 2.24) is 10.3 Å². The molecule has 86 valence electrons. The number of rotatable bonds is 6. The molecular formula is C10H18N2O2S. The van der Waals surface area contributed by atoms with Gasteiger partial charge in [-0.3, -0.25) is 4.21 Å². The van der Waals surface area contributed by atoms with Crippen LogP contribution < -0.4 is 5.32 Å². The summed E-state index contributed by atoms with van der Waals surface area (Å²) in [4.78, 5) is 4.24. The highest BCUT2D eigenvalue weighted by Gasteiger charge is 2.04. The van der Waals surface area contributed by atoms with Crippen LogP contribution in [0.15, 0.2) is 4.42 Å². The Kier molecular flexibility index (Phi) is 4.98. The zero-order valence-corrected chi connectivity index (χ0v) is 10.3. The van der Waals surface area contributed by atoms with Crippen molar-refractivity contribution >= 4 is 10.8 Å². The lowest BCUT2D eigenvalue weighted by Crippen LogP contribution is -2.20. The molecule has 0 spiro atoms. The predicted octanol–water partition coefficient (Wildman–Crippen LogP) is 1.15. The molecule has 1 unspecified atom stereocenters. The van der Waals surface area contributed by atoms with Gasteiger partial charge in [0.1, 0.15) is 5.76 Å². The summed E-state index contributed by atoms with van der Waals surface area (Å²) in [6.45, 7) is 7.10. The van der Waals surface area contributed by atoms with Gasteiger partial charge in [0.05, 0.1) is 12.2 Å². The summed E-state index contributed by atoms with van der Waals surface area (Å²) in [5.74, 6) is 2.98. The molecule has 1 N–H and O–H groups in total. The molecule has 1 aromatic heterocycles. The summed E-state index contributed by atoms with van der Waals surface area (Å²) in [6.07, 6.45) is 0. The average molecular weight is 230 g/mol. The number of aromatic nitrogens is 1. The molecule has 15 heavy (non-hydrogen) atoms. The van der Waals surface area contributed by atoms with Crippen molar-refractivity contribution < 1.29 is 8.63 Å². The molecule has 4 nitrogen and oxygen atoms in total. The summed E-state index contributed by atoms with van der Waals surface area (Å²) in [5, 5.41) is 3.16. The molecule has 0 amide bonds. The molecule has 0 saturated carbocycles. The Morgan fingerprint density at radius 2 is 2.20 bits per heavy atom. The Hall–Kier alpha value is -0.680. The lowest BCUT2D eigenvalue weighted by atomic mass is 10.4. The lowest BCUT2D eigenvalue weighted by molar-refractivity contribution is 0.452. The molecule has 1 aromatic rings. The maximum Gasteiger partial charge on any atom is 0.208 e. The summed E-state index contributed by atoms with van der Waals surface area (Å²) in [7, 11) is -0.698. The van der Waals surface area contributed by atoms with Gasteiger partial charge in [-0.2, -0.15) is 0 Å². The second-order valence-electron chi connectivity index (χ2n) is 3.36. The largest absolute Gasteiger partial charge is 0.444 e. The fourth-order valence-electron chi connectivity index (χ4n) is 1.14. The third-order valence-corrected chi connectivity index (χ3v) is 3.48. The van der Waals surface area contributed by atoms with E-state index < -0.39 is 10.8 Å². The summed E-state index contributed by atoms with van der Waals surface area (Å²) >= 11 is 0. The Morgan fingerprint density at radius 1 is 1.47 bits per heavy atom. The highest BCUT2D eigenvalue weighted by Crippen LogP contribution is 2.07. The zero-order chi connectivity index (χ0) is 11.3. The molecule has 1 atom stereocenters. The van der Waals surface area contributed by atoms with Crippen LogP contribution in [0.4, 0.5) is 0 Å². The smallest absolute Gasteiger partial charge is 0.208 e. The molecule has 1 rings (SSSR count). The van der Waals surface area contributed by atoms with Crippen molar-refractivity contribution in [3.8, 4) is 0 Å². The van der Waals surface area contributed by atoms with Crippen LogP contribution in [0.2, 0.25) is 0 Å². The minimum absolute atomic E-state index is 0.607. The Bertz CT molecular complexity index is 317. The van der Waals surface area contributed by atoms with Crippen LogP contribution in [0.5, 0.6) is 0 Å². The van der Waals surface area contributed by atoms with Gasteiger partial charge in [0.2, 0.25) is 5.89 Å². The number of oxazole rings is 1. The first-order chi connectivity index (χ1) is 7.13. The van der Waals surface area contributed by atoms with Gasteiger partial charge >= 0.3 is 0 Å². The molecule has 5 heteroatoms. The first-order valence-corrected chi connectivity index (χ1v) is 6.61. The quantitative estimate of drug-likeness (QED) is 0.745. The first kappa shape index (κ1) is 12.4. The van der Waals surface area contributed by atoms with Gasteiger partial charge in [-0.05, 0) is 13.8 Å². The normalized spacial score (nSPS) is 13.0. The highest BCUT2D eigenvalue weighted by molar-refractivity contribution is 7.84. The van der Waals surface area contributed by atoms with Crippen LogP contribution >= 0.6 is 0 Å². The van der Waals surface area contributed by atoms with Crippen molar-refractivity contribution in [2.24, 2.45) is 0 Å². The molecule has 0 radical (unpaired) electrons. The lowest BCUT2D eigenvalue weighted by Gasteiger charge is -2.00. The fourth-order valence-corrected chi connectivity index (χ4v) is 1.80. The van der Waals surface area contributed by atoms with E-state index in [4.69, 9.17) is 4.42 Å². The van der Waals surface area contributed by atoms with Crippen LogP contribution in [0.1, 0.15) is 24.3 Å². The fraction of sp³-hybridized carbons (Fsp3) is 0.700. The van der Waals surface area contributed by atoms with Crippen LogP contribution in [-0.4, -0.2) is 27.2 Å². The summed E-state index contributed by atoms with van der Waals surface area (Å²) in [6, 6.07) is 0. The van der Waals surface area contributed by atoms with Crippen molar-refractivity contribution in [3.63, 3.8) is 0 Å². The van der Waals surface area contributed by atoms with Crippen molar-refractivity contribution in [3.05, 3.63) is 17.3 Å². The maximum atomic E-state index is 11.1. The van der Waals surface area contributed by atoms with E-state index in [9.17, 15) is 4.21 Å². The van der Waals surface area contributed by atoms with E-state index in [-0.39, 0.29) is 0 Å². The maximum absolute atomic E-state index is 11.1. The van der Waals surface area contributed by atoms with E-state index in [2.05, 4.69) is 10.3 Å².